The van der Waals surface area contributed by atoms with Gasteiger partial charge in [0.25, 0.3) is 5.95 Å². The van der Waals surface area contributed by atoms with Crippen LogP contribution in [0.1, 0.15) is 24.2 Å². The van der Waals surface area contributed by atoms with Crippen molar-refractivity contribution in [2.75, 3.05) is 10.6 Å². The van der Waals surface area contributed by atoms with Crippen LogP contribution in [0.5, 0.6) is 0 Å². The lowest BCUT2D eigenvalue weighted by Gasteiger charge is -2.10. The van der Waals surface area contributed by atoms with Crippen LogP contribution in [0.15, 0.2) is 36.4 Å². The third-order valence-corrected chi connectivity index (χ3v) is 3.76. The summed E-state index contributed by atoms with van der Waals surface area (Å²) in [6, 6.07) is 12.3. The van der Waals surface area contributed by atoms with Crippen molar-refractivity contribution in [3.05, 3.63) is 47.8 Å². The first-order valence-corrected chi connectivity index (χ1v) is 8.06. The number of hydrogen-bond donors (Lipinski definition) is 2. The number of aryl methyl sites for hydroxylation is 2. The summed E-state index contributed by atoms with van der Waals surface area (Å²) in [5, 5.41) is 11.0. The molecule has 0 saturated heterocycles. The summed E-state index contributed by atoms with van der Waals surface area (Å²) in [7, 11) is 0. The molecule has 0 amide bonds. The highest BCUT2D eigenvalue weighted by Crippen LogP contribution is 2.24. The molecule has 1 fully saturated rings. The van der Waals surface area contributed by atoms with Crippen LogP contribution in [-0.4, -0.2) is 30.8 Å². The molecule has 1 aliphatic rings. The van der Waals surface area contributed by atoms with Gasteiger partial charge >= 0.3 is 0 Å². The minimum atomic E-state index is 0.463. The second-order valence-electron chi connectivity index (χ2n) is 6.03. The summed E-state index contributed by atoms with van der Waals surface area (Å²) in [5.41, 5.74) is 2.85. The van der Waals surface area contributed by atoms with Crippen LogP contribution in [-0.2, 0) is 0 Å². The van der Waals surface area contributed by atoms with Crippen molar-refractivity contribution in [1.29, 1.82) is 0 Å². The lowest BCUT2D eigenvalue weighted by atomic mass is 10.3. The van der Waals surface area contributed by atoms with E-state index in [-0.39, 0.29) is 0 Å². The number of rotatable bonds is 5. The molecule has 0 aliphatic heterocycles. The van der Waals surface area contributed by atoms with E-state index in [1.54, 1.807) is 4.68 Å². The van der Waals surface area contributed by atoms with E-state index in [2.05, 4.69) is 30.7 Å². The number of para-hydroxylation sites is 1. The minimum absolute atomic E-state index is 0.463. The van der Waals surface area contributed by atoms with Gasteiger partial charge in [0.2, 0.25) is 11.9 Å². The Morgan fingerprint density at radius 2 is 1.75 bits per heavy atom. The van der Waals surface area contributed by atoms with Gasteiger partial charge in [-0.05, 0) is 44.9 Å². The summed E-state index contributed by atoms with van der Waals surface area (Å²) in [6.07, 6.45) is 2.31. The molecule has 0 unspecified atom stereocenters. The van der Waals surface area contributed by atoms with E-state index in [4.69, 9.17) is 0 Å². The molecule has 1 aliphatic carbocycles. The first-order chi connectivity index (χ1) is 11.7. The highest BCUT2D eigenvalue weighted by molar-refractivity contribution is 5.54. The molecule has 1 aromatic carbocycles. The van der Waals surface area contributed by atoms with Gasteiger partial charge in [-0.25, -0.2) is 4.68 Å². The van der Waals surface area contributed by atoms with Gasteiger partial charge in [-0.3, -0.25) is 0 Å². The van der Waals surface area contributed by atoms with Crippen molar-refractivity contribution >= 4 is 17.6 Å². The number of nitrogens with one attached hydrogen (secondary N) is 2. The van der Waals surface area contributed by atoms with Crippen molar-refractivity contribution in [3.63, 3.8) is 0 Å². The molecule has 0 bridgehead atoms. The van der Waals surface area contributed by atoms with Crippen molar-refractivity contribution in [2.45, 2.75) is 32.7 Å². The fourth-order valence-corrected chi connectivity index (χ4v) is 2.47. The summed E-state index contributed by atoms with van der Waals surface area (Å²) in [5.74, 6) is 1.59. The largest absolute Gasteiger partial charge is 0.351 e. The second-order valence-corrected chi connectivity index (χ2v) is 6.03. The van der Waals surface area contributed by atoms with E-state index in [1.165, 1.54) is 0 Å². The van der Waals surface area contributed by atoms with Crippen LogP contribution in [0.25, 0.3) is 5.95 Å². The number of benzene rings is 1. The Morgan fingerprint density at radius 3 is 2.42 bits per heavy atom. The normalized spacial score (nSPS) is 13.8. The summed E-state index contributed by atoms with van der Waals surface area (Å²) < 4.78 is 1.74. The summed E-state index contributed by atoms with van der Waals surface area (Å²) >= 11 is 0. The molecule has 24 heavy (non-hydrogen) atoms. The van der Waals surface area contributed by atoms with Crippen LogP contribution in [0.4, 0.5) is 17.6 Å². The van der Waals surface area contributed by atoms with E-state index in [1.807, 2.05) is 50.2 Å². The van der Waals surface area contributed by atoms with Gasteiger partial charge in [0, 0.05) is 17.4 Å². The van der Waals surface area contributed by atoms with Crippen molar-refractivity contribution in [2.24, 2.45) is 0 Å². The molecular weight excluding hydrogens is 302 g/mol. The second kappa shape index (κ2) is 5.92. The maximum atomic E-state index is 4.53. The Bertz CT molecular complexity index is 853. The summed E-state index contributed by atoms with van der Waals surface area (Å²) in [6.45, 7) is 3.94. The van der Waals surface area contributed by atoms with Gasteiger partial charge in [-0.2, -0.15) is 20.1 Å². The average Bonchev–Trinajstić information content (AvgIpc) is 3.30. The maximum Gasteiger partial charge on any atom is 0.257 e. The highest BCUT2D eigenvalue weighted by atomic mass is 15.4. The zero-order valence-electron chi connectivity index (χ0n) is 13.7. The smallest absolute Gasteiger partial charge is 0.257 e. The quantitative estimate of drug-likeness (QED) is 0.752. The molecule has 0 spiro atoms. The third kappa shape index (κ3) is 3.19. The van der Waals surface area contributed by atoms with E-state index < -0.39 is 0 Å². The Labute approximate surface area is 140 Å². The van der Waals surface area contributed by atoms with Gasteiger partial charge < -0.3 is 10.6 Å². The van der Waals surface area contributed by atoms with Crippen LogP contribution in [0.3, 0.4) is 0 Å². The first-order valence-electron chi connectivity index (χ1n) is 8.06. The van der Waals surface area contributed by atoms with Crippen molar-refractivity contribution < 1.29 is 0 Å². The molecule has 2 N–H and O–H groups in total. The van der Waals surface area contributed by atoms with Gasteiger partial charge in [-0.1, -0.05) is 18.2 Å². The predicted molar refractivity (Wildman–Crippen MR) is 92.8 cm³/mol. The average molecular weight is 321 g/mol. The molecule has 4 rings (SSSR count). The number of hydrogen-bond acceptors (Lipinski definition) is 6. The molecule has 2 heterocycles. The van der Waals surface area contributed by atoms with Crippen LogP contribution >= 0.6 is 0 Å². The lowest BCUT2D eigenvalue weighted by Crippen LogP contribution is -2.13. The Hall–Kier alpha value is -2.96. The zero-order valence-corrected chi connectivity index (χ0v) is 13.7. The van der Waals surface area contributed by atoms with Gasteiger partial charge in [-0.15, -0.1) is 0 Å². The molecule has 7 nitrogen and oxygen atoms in total. The fourth-order valence-electron chi connectivity index (χ4n) is 2.47. The number of aromatic nitrogens is 5. The van der Waals surface area contributed by atoms with E-state index >= 15 is 0 Å². The highest BCUT2D eigenvalue weighted by Gasteiger charge is 2.23. The van der Waals surface area contributed by atoms with Crippen molar-refractivity contribution in [1.82, 2.24) is 24.7 Å². The first kappa shape index (κ1) is 14.6. The molecule has 0 radical (unpaired) electrons. The number of nitrogens with zero attached hydrogens (tertiary/aromatic N) is 5. The number of anilines is 3. The van der Waals surface area contributed by atoms with E-state index in [9.17, 15) is 0 Å². The van der Waals surface area contributed by atoms with Crippen LogP contribution in [0.2, 0.25) is 0 Å². The zero-order chi connectivity index (χ0) is 16.5. The van der Waals surface area contributed by atoms with E-state index in [0.29, 0.717) is 23.9 Å². The van der Waals surface area contributed by atoms with Gasteiger partial charge in [0.15, 0.2) is 0 Å². The van der Waals surface area contributed by atoms with Gasteiger partial charge in [0.05, 0.1) is 5.69 Å². The maximum absolute atomic E-state index is 4.53. The van der Waals surface area contributed by atoms with Crippen LogP contribution < -0.4 is 10.6 Å². The predicted octanol–water partition coefficient (Wildman–Crippen LogP) is 2.99. The monoisotopic (exact) mass is 321 g/mol. The lowest BCUT2D eigenvalue weighted by molar-refractivity contribution is 0.766. The Kier molecular flexibility index (Phi) is 3.60. The molecule has 3 aromatic rings. The molecule has 7 heteroatoms. The molecular formula is C17H19N7. The van der Waals surface area contributed by atoms with E-state index in [0.717, 1.165) is 29.9 Å². The molecule has 1 saturated carbocycles. The third-order valence-electron chi connectivity index (χ3n) is 3.76. The van der Waals surface area contributed by atoms with Crippen LogP contribution in [0, 0.1) is 13.8 Å². The fraction of sp³-hybridized carbons (Fsp3) is 0.294. The Balaban J connectivity index is 1.72. The minimum Gasteiger partial charge on any atom is -0.351 e. The molecule has 0 atom stereocenters. The SMILES string of the molecule is Cc1cc(C)n(-c2nc(Nc3ccccc3)nc(NC3CC3)n2)n1. The van der Waals surface area contributed by atoms with Gasteiger partial charge in [0.1, 0.15) is 0 Å². The summed E-state index contributed by atoms with van der Waals surface area (Å²) in [4.78, 5) is 13.5. The standard InChI is InChI=1S/C17H19N7/c1-11-10-12(2)24(23-11)17-21-15(18-13-6-4-3-5-7-13)20-16(22-17)19-14-8-9-14/h3-7,10,14H,8-9H2,1-2H3,(H2,18,19,20,21,22). The molecule has 2 aromatic heterocycles. The van der Waals surface area contributed by atoms with Crippen molar-refractivity contribution in [3.8, 4) is 5.95 Å². The topological polar surface area (TPSA) is 80.5 Å². The Morgan fingerprint density at radius 1 is 1.00 bits per heavy atom. The molecule has 122 valence electrons.